The number of rotatable bonds is 6. The molecule has 5 N–H and O–H groups in total. The van der Waals surface area contributed by atoms with Crippen LogP contribution in [0.15, 0.2) is 11.2 Å². The van der Waals surface area contributed by atoms with Crippen molar-refractivity contribution in [2.24, 2.45) is 0 Å². The SMILES string of the molecule is C#CC(CC)(CC)NC(=O)CSc1nc(N)cc(N)n1. The van der Waals surface area contributed by atoms with E-state index in [0.29, 0.717) is 18.0 Å². The minimum Gasteiger partial charge on any atom is -0.383 e. The maximum absolute atomic E-state index is 11.9. The summed E-state index contributed by atoms with van der Waals surface area (Å²) in [5.41, 5.74) is 10.5. The van der Waals surface area contributed by atoms with Crippen molar-refractivity contribution in [2.45, 2.75) is 37.4 Å². The number of nitrogens with one attached hydrogen (secondary N) is 1. The van der Waals surface area contributed by atoms with E-state index in [0.717, 1.165) is 0 Å². The van der Waals surface area contributed by atoms with Crippen LogP contribution in [0.4, 0.5) is 11.6 Å². The molecular weight excluding hydrogens is 274 g/mol. The minimum atomic E-state index is -0.590. The van der Waals surface area contributed by atoms with Gasteiger partial charge in [-0.15, -0.1) is 6.42 Å². The van der Waals surface area contributed by atoms with Crippen molar-refractivity contribution in [3.8, 4) is 12.3 Å². The van der Waals surface area contributed by atoms with E-state index in [-0.39, 0.29) is 23.3 Å². The third-order valence-electron chi connectivity index (χ3n) is 2.94. The number of hydrogen-bond donors (Lipinski definition) is 3. The summed E-state index contributed by atoms with van der Waals surface area (Å²) in [6, 6.07) is 1.46. The summed E-state index contributed by atoms with van der Waals surface area (Å²) in [4.78, 5) is 19.9. The quantitative estimate of drug-likeness (QED) is 0.411. The monoisotopic (exact) mass is 293 g/mol. The second-order valence-electron chi connectivity index (χ2n) is 4.27. The first kappa shape index (κ1) is 16.1. The van der Waals surface area contributed by atoms with Crippen molar-refractivity contribution in [1.29, 1.82) is 0 Å². The van der Waals surface area contributed by atoms with Gasteiger partial charge in [-0.05, 0) is 12.8 Å². The molecule has 1 heterocycles. The lowest BCUT2D eigenvalue weighted by Crippen LogP contribution is -2.47. The zero-order valence-electron chi connectivity index (χ0n) is 11.6. The Bertz CT molecular complexity index is 502. The summed E-state index contributed by atoms with van der Waals surface area (Å²) in [6.45, 7) is 3.89. The summed E-state index contributed by atoms with van der Waals surface area (Å²) >= 11 is 1.17. The Hall–Kier alpha value is -1.94. The van der Waals surface area contributed by atoms with Crippen LogP contribution < -0.4 is 16.8 Å². The zero-order valence-corrected chi connectivity index (χ0v) is 12.5. The van der Waals surface area contributed by atoms with Gasteiger partial charge in [-0.2, -0.15) is 0 Å². The molecule has 0 aromatic carbocycles. The Balaban J connectivity index is 2.62. The molecule has 1 aromatic rings. The molecule has 0 aliphatic rings. The predicted octanol–water partition coefficient (Wildman–Crippen LogP) is 1.04. The van der Waals surface area contributed by atoms with Crippen LogP contribution in [0, 0.1) is 12.3 Å². The van der Waals surface area contributed by atoms with Crippen molar-refractivity contribution in [2.75, 3.05) is 17.2 Å². The largest absolute Gasteiger partial charge is 0.383 e. The van der Waals surface area contributed by atoms with Crippen molar-refractivity contribution < 1.29 is 4.79 Å². The van der Waals surface area contributed by atoms with Crippen LogP contribution in [0.25, 0.3) is 0 Å². The molecule has 0 unspecified atom stereocenters. The lowest BCUT2D eigenvalue weighted by molar-refractivity contribution is -0.119. The molecule has 0 spiro atoms. The van der Waals surface area contributed by atoms with Gasteiger partial charge in [0.2, 0.25) is 5.91 Å². The average molecular weight is 293 g/mol. The first-order valence-corrected chi connectivity index (χ1v) is 7.25. The number of hydrogen-bond acceptors (Lipinski definition) is 6. The number of nitrogens with two attached hydrogens (primary N) is 2. The third-order valence-corrected chi connectivity index (χ3v) is 3.79. The maximum atomic E-state index is 11.9. The standard InChI is InChI=1S/C13H19N5OS/c1-4-13(5-2,6-3)18-11(19)8-20-12-16-9(14)7-10(15)17-12/h1,7H,5-6,8H2,2-3H3,(H,18,19)(H4,14,15,16,17). The van der Waals surface area contributed by atoms with Gasteiger partial charge in [0.05, 0.1) is 5.75 Å². The summed E-state index contributed by atoms with van der Waals surface area (Å²) in [5, 5.41) is 3.24. The Morgan fingerprint density at radius 3 is 2.40 bits per heavy atom. The number of nitrogen functional groups attached to an aromatic ring is 2. The molecule has 0 atom stereocenters. The van der Waals surface area contributed by atoms with Gasteiger partial charge < -0.3 is 16.8 Å². The van der Waals surface area contributed by atoms with E-state index in [9.17, 15) is 4.79 Å². The van der Waals surface area contributed by atoms with Gasteiger partial charge in [0.25, 0.3) is 0 Å². The normalized spacial score (nSPS) is 10.8. The lowest BCUT2D eigenvalue weighted by Gasteiger charge is -2.26. The third kappa shape index (κ3) is 4.31. The van der Waals surface area contributed by atoms with Crippen molar-refractivity contribution in [3.63, 3.8) is 0 Å². The molecule has 0 aliphatic heterocycles. The molecule has 0 fully saturated rings. The molecule has 0 saturated heterocycles. The number of carbonyl (C=O) groups is 1. The molecule has 7 heteroatoms. The first-order chi connectivity index (χ1) is 9.44. The van der Waals surface area contributed by atoms with Crippen LogP contribution >= 0.6 is 11.8 Å². The van der Waals surface area contributed by atoms with Crippen LogP contribution in [0.3, 0.4) is 0 Å². The van der Waals surface area contributed by atoms with Gasteiger partial charge in [-0.3, -0.25) is 4.79 Å². The minimum absolute atomic E-state index is 0.159. The second kappa shape index (κ2) is 7.01. The zero-order chi connectivity index (χ0) is 15.2. The van der Waals surface area contributed by atoms with Gasteiger partial charge in [-0.1, -0.05) is 31.5 Å². The van der Waals surface area contributed by atoms with Gasteiger partial charge in [0.15, 0.2) is 5.16 Å². The number of carbonyl (C=O) groups excluding carboxylic acids is 1. The Labute approximate surface area is 123 Å². The highest BCUT2D eigenvalue weighted by Gasteiger charge is 2.25. The fourth-order valence-electron chi connectivity index (χ4n) is 1.63. The molecule has 1 rings (SSSR count). The number of anilines is 2. The molecule has 6 nitrogen and oxygen atoms in total. The van der Waals surface area contributed by atoms with Crippen LogP contribution in [0.5, 0.6) is 0 Å². The van der Waals surface area contributed by atoms with E-state index >= 15 is 0 Å². The predicted molar refractivity (Wildman–Crippen MR) is 81.9 cm³/mol. The molecule has 1 amide bonds. The summed E-state index contributed by atoms with van der Waals surface area (Å²) in [7, 11) is 0. The smallest absolute Gasteiger partial charge is 0.231 e. The fourth-order valence-corrected chi connectivity index (χ4v) is 2.30. The number of nitrogens with zero attached hydrogens (tertiary/aromatic N) is 2. The van der Waals surface area contributed by atoms with Crippen LogP contribution in [-0.4, -0.2) is 27.2 Å². The molecule has 0 bridgehead atoms. The van der Waals surface area contributed by atoms with E-state index in [2.05, 4.69) is 21.2 Å². The van der Waals surface area contributed by atoms with Gasteiger partial charge in [0.1, 0.15) is 17.2 Å². The Morgan fingerprint density at radius 1 is 1.40 bits per heavy atom. The highest BCUT2D eigenvalue weighted by molar-refractivity contribution is 7.99. The van der Waals surface area contributed by atoms with Crippen LogP contribution in [0.2, 0.25) is 0 Å². The fraction of sp³-hybridized carbons (Fsp3) is 0.462. The van der Waals surface area contributed by atoms with E-state index in [1.807, 2.05) is 13.8 Å². The topological polar surface area (TPSA) is 107 Å². The van der Waals surface area contributed by atoms with Crippen molar-refractivity contribution >= 4 is 29.3 Å². The number of amides is 1. The summed E-state index contributed by atoms with van der Waals surface area (Å²) in [5.74, 6) is 3.20. The van der Waals surface area contributed by atoms with E-state index < -0.39 is 5.54 Å². The van der Waals surface area contributed by atoms with Gasteiger partial charge in [0, 0.05) is 6.07 Å². The molecule has 20 heavy (non-hydrogen) atoms. The molecule has 1 aromatic heterocycles. The highest BCUT2D eigenvalue weighted by atomic mass is 32.2. The average Bonchev–Trinajstić information content (AvgIpc) is 2.42. The van der Waals surface area contributed by atoms with Crippen LogP contribution in [0.1, 0.15) is 26.7 Å². The molecular formula is C13H19N5OS. The number of thioether (sulfide) groups is 1. The van der Waals surface area contributed by atoms with E-state index in [1.165, 1.54) is 17.8 Å². The Kier molecular flexibility index (Phi) is 5.65. The van der Waals surface area contributed by atoms with E-state index in [1.54, 1.807) is 0 Å². The highest BCUT2D eigenvalue weighted by Crippen LogP contribution is 2.18. The van der Waals surface area contributed by atoms with Crippen molar-refractivity contribution in [3.05, 3.63) is 6.07 Å². The second-order valence-corrected chi connectivity index (χ2v) is 5.21. The van der Waals surface area contributed by atoms with Crippen molar-refractivity contribution in [1.82, 2.24) is 15.3 Å². The molecule has 108 valence electrons. The molecule has 0 aliphatic carbocycles. The Morgan fingerprint density at radius 2 is 1.95 bits per heavy atom. The number of terminal acetylenes is 1. The lowest BCUT2D eigenvalue weighted by atomic mass is 9.94. The maximum Gasteiger partial charge on any atom is 0.231 e. The number of aromatic nitrogens is 2. The summed E-state index contributed by atoms with van der Waals surface area (Å²) < 4.78 is 0. The van der Waals surface area contributed by atoms with E-state index in [4.69, 9.17) is 17.9 Å². The van der Waals surface area contributed by atoms with Crippen LogP contribution in [-0.2, 0) is 4.79 Å². The van der Waals surface area contributed by atoms with Gasteiger partial charge in [-0.25, -0.2) is 9.97 Å². The molecule has 0 radical (unpaired) electrons. The molecule has 0 saturated carbocycles. The summed E-state index contributed by atoms with van der Waals surface area (Å²) in [6.07, 6.45) is 6.85. The first-order valence-electron chi connectivity index (χ1n) is 6.26. The van der Waals surface area contributed by atoms with Gasteiger partial charge >= 0.3 is 0 Å².